The molecule has 0 radical (unpaired) electrons. The standard InChI is InChI=1S/C13H18O4/c1-3-4-12(13(15)16)17-11-7-5-10(6-8-11)9(2)14/h5-9,12,14H,3-4H2,1-2H3,(H,15,16)/t9-,12?/m0/s1. The van der Waals surface area contributed by atoms with Crippen LogP contribution in [0.25, 0.3) is 0 Å². The summed E-state index contributed by atoms with van der Waals surface area (Å²) in [6.45, 7) is 3.59. The van der Waals surface area contributed by atoms with Gasteiger partial charge in [0.1, 0.15) is 5.75 Å². The minimum absolute atomic E-state index is 0.480. The summed E-state index contributed by atoms with van der Waals surface area (Å²) < 4.78 is 5.37. The molecule has 4 nitrogen and oxygen atoms in total. The fraction of sp³-hybridized carbons (Fsp3) is 0.462. The number of hydrogen-bond acceptors (Lipinski definition) is 3. The molecule has 0 saturated carbocycles. The van der Waals surface area contributed by atoms with E-state index in [1.165, 1.54) is 0 Å². The van der Waals surface area contributed by atoms with E-state index < -0.39 is 18.2 Å². The average molecular weight is 238 g/mol. The van der Waals surface area contributed by atoms with Gasteiger partial charge in [0.15, 0.2) is 6.10 Å². The van der Waals surface area contributed by atoms with E-state index in [1.54, 1.807) is 31.2 Å². The van der Waals surface area contributed by atoms with E-state index >= 15 is 0 Å². The lowest BCUT2D eigenvalue weighted by Crippen LogP contribution is -2.26. The average Bonchev–Trinajstić information content (AvgIpc) is 2.29. The highest BCUT2D eigenvalue weighted by molar-refractivity contribution is 5.72. The summed E-state index contributed by atoms with van der Waals surface area (Å²) in [6, 6.07) is 6.80. The van der Waals surface area contributed by atoms with Crippen LogP contribution in [0.2, 0.25) is 0 Å². The lowest BCUT2D eigenvalue weighted by atomic mass is 10.1. The summed E-state index contributed by atoms with van der Waals surface area (Å²) in [5.41, 5.74) is 0.778. The number of ether oxygens (including phenoxy) is 1. The second-order valence-corrected chi connectivity index (χ2v) is 3.98. The van der Waals surface area contributed by atoms with Gasteiger partial charge in [0.2, 0.25) is 0 Å². The molecular weight excluding hydrogens is 220 g/mol. The van der Waals surface area contributed by atoms with Crippen molar-refractivity contribution in [3.63, 3.8) is 0 Å². The number of rotatable bonds is 6. The van der Waals surface area contributed by atoms with Crippen molar-refractivity contribution in [2.24, 2.45) is 0 Å². The largest absolute Gasteiger partial charge is 0.479 e. The fourth-order valence-electron chi connectivity index (χ4n) is 1.48. The molecule has 0 aliphatic heterocycles. The van der Waals surface area contributed by atoms with Crippen LogP contribution in [0.3, 0.4) is 0 Å². The zero-order valence-corrected chi connectivity index (χ0v) is 10.1. The molecule has 0 aliphatic rings. The maximum Gasteiger partial charge on any atom is 0.344 e. The maximum absolute atomic E-state index is 10.9. The molecule has 0 aromatic heterocycles. The minimum Gasteiger partial charge on any atom is -0.479 e. The van der Waals surface area contributed by atoms with Crippen LogP contribution in [0.5, 0.6) is 5.75 Å². The maximum atomic E-state index is 10.9. The number of aliphatic hydroxyl groups excluding tert-OH is 1. The SMILES string of the molecule is CCCC(Oc1ccc([C@H](C)O)cc1)C(=O)O. The summed E-state index contributed by atoms with van der Waals surface area (Å²) in [7, 11) is 0. The molecule has 0 aliphatic carbocycles. The van der Waals surface area contributed by atoms with Crippen molar-refractivity contribution in [1.82, 2.24) is 0 Å². The van der Waals surface area contributed by atoms with Crippen LogP contribution in [-0.4, -0.2) is 22.3 Å². The predicted octanol–water partition coefficient (Wildman–Crippen LogP) is 2.37. The first kappa shape index (κ1) is 13.5. The highest BCUT2D eigenvalue weighted by atomic mass is 16.5. The summed E-state index contributed by atoms with van der Waals surface area (Å²) >= 11 is 0. The Morgan fingerprint density at radius 1 is 1.35 bits per heavy atom. The molecule has 0 spiro atoms. The Morgan fingerprint density at radius 3 is 2.35 bits per heavy atom. The van der Waals surface area contributed by atoms with Crippen molar-refractivity contribution in [2.75, 3.05) is 0 Å². The summed E-state index contributed by atoms with van der Waals surface area (Å²) in [4.78, 5) is 10.9. The van der Waals surface area contributed by atoms with Crippen molar-refractivity contribution >= 4 is 5.97 Å². The van der Waals surface area contributed by atoms with E-state index in [0.717, 1.165) is 12.0 Å². The quantitative estimate of drug-likeness (QED) is 0.798. The Labute approximate surface area is 101 Å². The van der Waals surface area contributed by atoms with E-state index in [2.05, 4.69) is 0 Å². The van der Waals surface area contributed by atoms with Crippen molar-refractivity contribution in [2.45, 2.75) is 38.9 Å². The Balaban J connectivity index is 2.70. The smallest absolute Gasteiger partial charge is 0.344 e. The van der Waals surface area contributed by atoms with Crippen LogP contribution in [-0.2, 0) is 4.79 Å². The van der Waals surface area contributed by atoms with Crippen LogP contribution >= 0.6 is 0 Å². The fourth-order valence-corrected chi connectivity index (χ4v) is 1.48. The van der Waals surface area contributed by atoms with Crippen LogP contribution in [0.1, 0.15) is 38.4 Å². The van der Waals surface area contributed by atoms with Crippen molar-refractivity contribution in [1.29, 1.82) is 0 Å². The van der Waals surface area contributed by atoms with Crippen LogP contribution in [0, 0.1) is 0 Å². The van der Waals surface area contributed by atoms with Crippen molar-refractivity contribution < 1.29 is 19.7 Å². The lowest BCUT2D eigenvalue weighted by molar-refractivity contribution is -0.145. The van der Waals surface area contributed by atoms with Gasteiger partial charge in [0.05, 0.1) is 6.10 Å². The molecule has 2 atom stereocenters. The molecule has 0 fully saturated rings. The van der Waals surface area contributed by atoms with E-state index in [0.29, 0.717) is 12.2 Å². The molecule has 0 amide bonds. The van der Waals surface area contributed by atoms with Gasteiger partial charge in [-0.15, -0.1) is 0 Å². The van der Waals surface area contributed by atoms with Gasteiger partial charge >= 0.3 is 5.97 Å². The third-order valence-electron chi connectivity index (χ3n) is 2.47. The first-order valence-electron chi connectivity index (χ1n) is 5.72. The zero-order valence-electron chi connectivity index (χ0n) is 10.1. The molecule has 1 aromatic carbocycles. The Bertz CT molecular complexity index is 356. The number of carbonyl (C=O) groups is 1. The lowest BCUT2D eigenvalue weighted by Gasteiger charge is -2.14. The number of benzene rings is 1. The van der Waals surface area contributed by atoms with Gasteiger partial charge in [-0.2, -0.15) is 0 Å². The summed E-state index contributed by atoms with van der Waals surface area (Å²) in [5.74, 6) is -0.443. The van der Waals surface area contributed by atoms with Gasteiger partial charge < -0.3 is 14.9 Å². The van der Waals surface area contributed by atoms with E-state index in [-0.39, 0.29) is 0 Å². The number of hydrogen-bond donors (Lipinski definition) is 2. The molecule has 4 heteroatoms. The van der Waals surface area contributed by atoms with Crippen LogP contribution in [0.15, 0.2) is 24.3 Å². The van der Waals surface area contributed by atoms with Gasteiger partial charge in [0.25, 0.3) is 0 Å². The summed E-state index contributed by atoms with van der Waals surface area (Å²) in [5, 5.41) is 18.3. The topological polar surface area (TPSA) is 66.8 Å². The Morgan fingerprint density at radius 2 is 1.94 bits per heavy atom. The molecule has 94 valence electrons. The number of aliphatic hydroxyl groups is 1. The molecule has 1 unspecified atom stereocenters. The second kappa shape index (κ2) is 6.25. The molecular formula is C13H18O4. The molecule has 0 saturated heterocycles. The predicted molar refractivity (Wildman–Crippen MR) is 64.0 cm³/mol. The second-order valence-electron chi connectivity index (χ2n) is 3.98. The van der Waals surface area contributed by atoms with E-state index in [4.69, 9.17) is 9.84 Å². The highest BCUT2D eigenvalue weighted by Gasteiger charge is 2.17. The summed E-state index contributed by atoms with van der Waals surface area (Å²) in [6.07, 6.45) is -0.108. The normalized spacial score (nSPS) is 14.1. The Hall–Kier alpha value is -1.55. The number of carboxylic acid groups (broad SMARTS) is 1. The molecule has 1 rings (SSSR count). The molecule has 17 heavy (non-hydrogen) atoms. The minimum atomic E-state index is -0.952. The highest BCUT2D eigenvalue weighted by Crippen LogP contribution is 2.19. The van der Waals surface area contributed by atoms with E-state index in [1.807, 2.05) is 6.92 Å². The van der Waals surface area contributed by atoms with Crippen molar-refractivity contribution in [3.05, 3.63) is 29.8 Å². The zero-order chi connectivity index (χ0) is 12.8. The first-order chi connectivity index (χ1) is 8.04. The third-order valence-corrected chi connectivity index (χ3v) is 2.47. The molecule has 1 aromatic rings. The number of aliphatic carboxylic acids is 1. The van der Waals surface area contributed by atoms with Gasteiger partial charge in [0, 0.05) is 0 Å². The van der Waals surface area contributed by atoms with E-state index in [9.17, 15) is 9.90 Å². The monoisotopic (exact) mass is 238 g/mol. The molecule has 2 N–H and O–H groups in total. The number of carboxylic acids is 1. The van der Waals surface area contributed by atoms with Gasteiger partial charge in [-0.25, -0.2) is 4.79 Å². The van der Waals surface area contributed by atoms with Crippen LogP contribution < -0.4 is 4.74 Å². The molecule has 0 bridgehead atoms. The van der Waals surface area contributed by atoms with Crippen molar-refractivity contribution in [3.8, 4) is 5.75 Å². The van der Waals surface area contributed by atoms with Crippen LogP contribution in [0.4, 0.5) is 0 Å². The Kier molecular flexibility index (Phi) is 4.97. The first-order valence-corrected chi connectivity index (χ1v) is 5.72. The van der Waals surface area contributed by atoms with Gasteiger partial charge in [-0.05, 0) is 31.0 Å². The van der Waals surface area contributed by atoms with Gasteiger partial charge in [-0.3, -0.25) is 0 Å². The molecule has 0 heterocycles. The van der Waals surface area contributed by atoms with Gasteiger partial charge in [-0.1, -0.05) is 25.5 Å². The third kappa shape index (κ3) is 4.07.